The third-order valence-corrected chi connectivity index (χ3v) is 5.55. The van der Waals surface area contributed by atoms with E-state index in [0.717, 1.165) is 54.6 Å². The molecule has 0 saturated carbocycles. The average molecular weight is 431 g/mol. The van der Waals surface area contributed by atoms with Crippen LogP contribution in [0.5, 0.6) is 11.5 Å². The number of fused-ring (bicyclic) bond motifs is 1. The van der Waals surface area contributed by atoms with Crippen LogP contribution in [-0.2, 0) is 4.74 Å². The molecule has 4 aromatic rings. The number of hydrogen-bond donors (Lipinski definition) is 1. The summed E-state index contributed by atoms with van der Waals surface area (Å²) < 4.78 is 18.0. The molecular formula is C24H25N5O3. The van der Waals surface area contributed by atoms with Gasteiger partial charge in [-0.15, -0.1) is 0 Å². The molecule has 2 aromatic carbocycles. The summed E-state index contributed by atoms with van der Waals surface area (Å²) >= 11 is 0. The van der Waals surface area contributed by atoms with Crippen molar-refractivity contribution in [1.82, 2.24) is 14.6 Å². The molecule has 8 heteroatoms. The Morgan fingerprint density at radius 2 is 1.66 bits per heavy atom. The maximum absolute atomic E-state index is 5.44. The highest BCUT2D eigenvalue weighted by Gasteiger charge is 2.13. The van der Waals surface area contributed by atoms with Gasteiger partial charge < -0.3 is 24.4 Å². The first-order valence-corrected chi connectivity index (χ1v) is 10.5. The second kappa shape index (κ2) is 8.76. The Kier molecular flexibility index (Phi) is 5.51. The van der Waals surface area contributed by atoms with Gasteiger partial charge >= 0.3 is 0 Å². The Hall–Kier alpha value is -3.78. The minimum absolute atomic E-state index is 0.716. The number of benzene rings is 2. The molecule has 1 fully saturated rings. The van der Waals surface area contributed by atoms with Crippen LogP contribution in [0.4, 0.5) is 17.2 Å². The van der Waals surface area contributed by atoms with Crippen molar-refractivity contribution in [2.24, 2.45) is 0 Å². The Morgan fingerprint density at radius 3 is 2.34 bits per heavy atom. The molecule has 0 radical (unpaired) electrons. The predicted molar refractivity (Wildman–Crippen MR) is 124 cm³/mol. The average Bonchev–Trinajstić information content (AvgIpc) is 3.28. The molecule has 1 saturated heterocycles. The third-order valence-electron chi connectivity index (χ3n) is 5.55. The number of hydrogen-bond acceptors (Lipinski definition) is 7. The minimum atomic E-state index is 0.716. The molecule has 3 heterocycles. The highest BCUT2D eigenvalue weighted by Crippen LogP contribution is 2.32. The van der Waals surface area contributed by atoms with Gasteiger partial charge in [-0.2, -0.15) is 5.10 Å². The largest absolute Gasteiger partial charge is 0.497 e. The molecule has 0 aliphatic carbocycles. The van der Waals surface area contributed by atoms with Crippen molar-refractivity contribution in [3.05, 3.63) is 60.9 Å². The van der Waals surface area contributed by atoms with Crippen LogP contribution in [0.2, 0.25) is 0 Å². The van der Waals surface area contributed by atoms with E-state index in [-0.39, 0.29) is 0 Å². The fourth-order valence-electron chi connectivity index (χ4n) is 3.83. The van der Waals surface area contributed by atoms with E-state index in [1.807, 2.05) is 30.5 Å². The second-order valence-electron chi connectivity index (χ2n) is 7.51. The van der Waals surface area contributed by atoms with Crippen LogP contribution in [0, 0.1) is 0 Å². The molecule has 0 bridgehead atoms. The molecular weight excluding hydrogens is 406 g/mol. The van der Waals surface area contributed by atoms with Gasteiger partial charge in [0.25, 0.3) is 0 Å². The smallest absolute Gasteiger partial charge is 0.165 e. The van der Waals surface area contributed by atoms with Crippen molar-refractivity contribution in [3.63, 3.8) is 0 Å². The van der Waals surface area contributed by atoms with E-state index >= 15 is 0 Å². The van der Waals surface area contributed by atoms with Crippen molar-refractivity contribution >= 4 is 22.8 Å². The van der Waals surface area contributed by atoms with Gasteiger partial charge in [-0.1, -0.05) is 0 Å². The van der Waals surface area contributed by atoms with E-state index in [1.165, 1.54) is 5.69 Å². The highest BCUT2D eigenvalue weighted by atomic mass is 16.5. The Labute approximate surface area is 186 Å². The van der Waals surface area contributed by atoms with E-state index in [1.54, 1.807) is 24.9 Å². The second-order valence-corrected chi connectivity index (χ2v) is 7.51. The van der Waals surface area contributed by atoms with Crippen molar-refractivity contribution in [1.29, 1.82) is 0 Å². The maximum atomic E-state index is 5.44. The lowest BCUT2D eigenvalue weighted by atomic mass is 10.1. The number of anilines is 3. The van der Waals surface area contributed by atoms with Gasteiger partial charge in [0.15, 0.2) is 5.65 Å². The van der Waals surface area contributed by atoms with Crippen LogP contribution < -0.4 is 19.7 Å². The van der Waals surface area contributed by atoms with E-state index in [9.17, 15) is 0 Å². The first kappa shape index (κ1) is 20.1. The SMILES string of the molecule is COc1cc(OC)cc(-c2cnn3ccc(Nc4ccc(N5CCOCC5)cc4)nc23)c1. The van der Waals surface area contributed by atoms with Crippen molar-refractivity contribution in [3.8, 4) is 22.6 Å². The maximum Gasteiger partial charge on any atom is 0.165 e. The van der Waals surface area contributed by atoms with Crippen LogP contribution in [0.3, 0.4) is 0 Å². The fourth-order valence-corrected chi connectivity index (χ4v) is 3.83. The van der Waals surface area contributed by atoms with E-state index < -0.39 is 0 Å². The van der Waals surface area contributed by atoms with Gasteiger partial charge in [-0.25, -0.2) is 9.50 Å². The summed E-state index contributed by atoms with van der Waals surface area (Å²) in [6, 6.07) is 16.0. The number of methoxy groups -OCH3 is 2. The summed E-state index contributed by atoms with van der Waals surface area (Å²) in [4.78, 5) is 7.14. The van der Waals surface area contributed by atoms with E-state index in [4.69, 9.17) is 19.2 Å². The lowest BCUT2D eigenvalue weighted by Crippen LogP contribution is -2.36. The number of morpholine rings is 1. The van der Waals surface area contributed by atoms with Gasteiger partial charge in [0.2, 0.25) is 0 Å². The Balaban J connectivity index is 1.42. The van der Waals surface area contributed by atoms with Gasteiger partial charge in [0.1, 0.15) is 17.3 Å². The topological polar surface area (TPSA) is 73.2 Å². The first-order chi connectivity index (χ1) is 15.7. The zero-order valence-corrected chi connectivity index (χ0v) is 18.1. The molecule has 164 valence electrons. The molecule has 0 unspecified atom stereocenters. The molecule has 2 aromatic heterocycles. The summed E-state index contributed by atoms with van der Waals surface area (Å²) in [5, 5.41) is 7.84. The summed E-state index contributed by atoms with van der Waals surface area (Å²) in [7, 11) is 3.28. The quantitative estimate of drug-likeness (QED) is 0.495. The van der Waals surface area contributed by atoms with Crippen LogP contribution in [-0.4, -0.2) is 55.1 Å². The number of nitrogens with zero attached hydrogens (tertiary/aromatic N) is 4. The monoisotopic (exact) mass is 431 g/mol. The Morgan fingerprint density at radius 1 is 0.938 bits per heavy atom. The minimum Gasteiger partial charge on any atom is -0.497 e. The molecule has 0 amide bonds. The number of ether oxygens (including phenoxy) is 3. The van der Waals surface area contributed by atoms with E-state index in [0.29, 0.717) is 11.5 Å². The number of nitrogens with one attached hydrogen (secondary N) is 1. The normalized spacial score (nSPS) is 13.9. The molecule has 32 heavy (non-hydrogen) atoms. The molecule has 0 atom stereocenters. The molecule has 1 aliphatic rings. The van der Waals surface area contributed by atoms with Crippen molar-refractivity contribution < 1.29 is 14.2 Å². The molecule has 5 rings (SSSR count). The highest BCUT2D eigenvalue weighted by molar-refractivity contribution is 5.79. The first-order valence-electron chi connectivity index (χ1n) is 10.5. The lowest BCUT2D eigenvalue weighted by Gasteiger charge is -2.28. The molecule has 8 nitrogen and oxygen atoms in total. The van der Waals surface area contributed by atoms with Crippen LogP contribution in [0.25, 0.3) is 16.8 Å². The standard InChI is InChI=1S/C24H25N5O3/c1-30-20-13-17(14-21(15-20)31-2)22-16-25-29-8-7-23(27-24(22)29)26-18-3-5-19(6-4-18)28-9-11-32-12-10-28/h3-8,13-16H,9-12H2,1-2H3,(H,26,27). The zero-order chi connectivity index (χ0) is 21.9. The van der Waals surface area contributed by atoms with Gasteiger partial charge in [-0.3, -0.25) is 0 Å². The van der Waals surface area contributed by atoms with Crippen molar-refractivity contribution in [2.45, 2.75) is 0 Å². The van der Waals surface area contributed by atoms with Gasteiger partial charge in [0.05, 0.1) is 33.6 Å². The number of rotatable bonds is 6. The van der Waals surface area contributed by atoms with Gasteiger partial charge in [-0.05, 0) is 48.0 Å². The third kappa shape index (κ3) is 4.04. The van der Waals surface area contributed by atoms with Crippen LogP contribution in [0.1, 0.15) is 0 Å². The molecule has 1 aliphatic heterocycles. The summed E-state index contributed by atoms with van der Waals surface area (Å²) in [6.45, 7) is 3.39. The summed E-state index contributed by atoms with van der Waals surface area (Å²) in [5.74, 6) is 2.18. The zero-order valence-electron chi connectivity index (χ0n) is 18.1. The van der Waals surface area contributed by atoms with E-state index in [2.05, 4.69) is 39.6 Å². The summed E-state index contributed by atoms with van der Waals surface area (Å²) in [6.07, 6.45) is 3.70. The van der Waals surface area contributed by atoms with Gasteiger partial charge in [0, 0.05) is 42.3 Å². The molecule has 1 N–H and O–H groups in total. The van der Waals surface area contributed by atoms with Crippen LogP contribution in [0.15, 0.2) is 60.9 Å². The lowest BCUT2D eigenvalue weighted by molar-refractivity contribution is 0.122. The predicted octanol–water partition coefficient (Wildman–Crippen LogP) is 3.99. The number of aromatic nitrogens is 3. The Bertz CT molecular complexity index is 1190. The fraction of sp³-hybridized carbons (Fsp3) is 0.250. The van der Waals surface area contributed by atoms with Crippen LogP contribution >= 0.6 is 0 Å². The molecule has 0 spiro atoms. The summed E-state index contributed by atoms with van der Waals surface area (Å²) in [5.41, 5.74) is 4.75. The van der Waals surface area contributed by atoms with Crippen molar-refractivity contribution in [2.75, 3.05) is 50.7 Å².